The molecule has 0 aliphatic carbocycles. The third-order valence-corrected chi connectivity index (χ3v) is 3.51. The Balaban J connectivity index is 2.30. The van der Waals surface area contributed by atoms with Gasteiger partial charge in [-0.05, 0) is 45.1 Å². The fourth-order valence-corrected chi connectivity index (χ4v) is 2.14. The first kappa shape index (κ1) is 19.0. The summed E-state index contributed by atoms with van der Waals surface area (Å²) >= 11 is 0. The average Bonchev–Trinajstić information content (AvgIpc) is 2.49. The molecular formula is C17H22F3N5. The number of halogens is 3. The molecule has 5 nitrogen and oxygen atoms in total. The fraction of sp³-hybridized carbons (Fsp3) is 0.412. The van der Waals surface area contributed by atoms with E-state index in [1.165, 1.54) is 0 Å². The van der Waals surface area contributed by atoms with Crippen molar-refractivity contribution in [3.63, 3.8) is 0 Å². The van der Waals surface area contributed by atoms with Crippen molar-refractivity contribution in [2.24, 2.45) is 0 Å². The number of hydrogen-bond acceptors (Lipinski definition) is 5. The van der Waals surface area contributed by atoms with E-state index in [4.69, 9.17) is 0 Å². The van der Waals surface area contributed by atoms with Gasteiger partial charge in [0.25, 0.3) is 0 Å². The van der Waals surface area contributed by atoms with E-state index in [0.29, 0.717) is 18.8 Å². The number of hydrogen-bond donors (Lipinski definition) is 2. The second kappa shape index (κ2) is 7.69. The maximum absolute atomic E-state index is 13.1. The number of aryl methyl sites for hydroxylation is 2. The van der Waals surface area contributed by atoms with Crippen molar-refractivity contribution in [3.05, 3.63) is 41.1 Å². The SMILES string of the molecule is Cc1ccc(C)c(Nc2cc(C(F)(F)F)nc(NCCN(C)C)n2)c1. The van der Waals surface area contributed by atoms with Crippen molar-refractivity contribution in [2.75, 3.05) is 37.8 Å². The van der Waals surface area contributed by atoms with Crippen LogP contribution in [0.1, 0.15) is 16.8 Å². The lowest BCUT2D eigenvalue weighted by Crippen LogP contribution is -2.22. The van der Waals surface area contributed by atoms with Crippen LogP contribution in [0.3, 0.4) is 0 Å². The highest BCUT2D eigenvalue weighted by Gasteiger charge is 2.33. The van der Waals surface area contributed by atoms with Gasteiger partial charge >= 0.3 is 6.18 Å². The molecule has 0 aliphatic heterocycles. The van der Waals surface area contributed by atoms with Crippen molar-refractivity contribution in [1.82, 2.24) is 14.9 Å². The van der Waals surface area contributed by atoms with E-state index in [1.54, 1.807) is 0 Å². The average molecular weight is 353 g/mol. The van der Waals surface area contributed by atoms with Crippen molar-refractivity contribution in [2.45, 2.75) is 20.0 Å². The van der Waals surface area contributed by atoms with E-state index in [2.05, 4.69) is 20.6 Å². The zero-order valence-electron chi connectivity index (χ0n) is 14.7. The summed E-state index contributed by atoms with van der Waals surface area (Å²) in [6, 6.07) is 6.62. The van der Waals surface area contributed by atoms with Crippen LogP contribution < -0.4 is 10.6 Å². The molecule has 25 heavy (non-hydrogen) atoms. The van der Waals surface area contributed by atoms with Crippen molar-refractivity contribution in [1.29, 1.82) is 0 Å². The van der Waals surface area contributed by atoms with E-state index < -0.39 is 11.9 Å². The molecule has 0 amide bonds. The molecular weight excluding hydrogens is 331 g/mol. The van der Waals surface area contributed by atoms with Gasteiger partial charge in [-0.15, -0.1) is 0 Å². The lowest BCUT2D eigenvalue weighted by molar-refractivity contribution is -0.141. The standard InChI is InChI=1S/C17H22F3N5/c1-11-5-6-12(2)13(9-11)22-15-10-14(17(18,19)20)23-16(24-15)21-7-8-25(3)4/h5-6,9-10H,7-8H2,1-4H3,(H2,21,22,23,24). The summed E-state index contributed by atoms with van der Waals surface area (Å²) in [7, 11) is 3.75. The topological polar surface area (TPSA) is 53.1 Å². The zero-order chi connectivity index (χ0) is 18.6. The third kappa shape index (κ3) is 5.60. The monoisotopic (exact) mass is 353 g/mol. The Morgan fingerprint density at radius 3 is 2.44 bits per heavy atom. The maximum atomic E-state index is 13.1. The summed E-state index contributed by atoms with van der Waals surface area (Å²) in [4.78, 5) is 9.65. The molecule has 0 bridgehead atoms. The molecule has 2 rings (SSSR count). The van der Waals surface area contributed by atoms with Gasteiger partial charge in [0.15, 0.2) is 5.69 Å². The molecule has 0 radical (unpaired) electrons. The van der Waals surface area contributed by atoms with E-state index in [9.17, 15) is 13.2 Å². The lowest BCUT2D eigenvalue weighted by Gasteiger charge is -2.15. The number of rotatable bonds is 6. The third-order valence-electron chi connectivity index (χ3n) is 3.51. The first-order chi connectivity index (χ1) is 11.6. The molecule has 0 atom stereocenters. The van der Waals surface area contributed by atoms with Crippen LogP contribution in [0.15, 0.2) is 24.3 Å². The van der Waals surface area contributed by atoms with E-state index in [1.807, 2.05) is 51.0 Å². The number of benzene rings is 1. The Bertz CT molecular complexity index is 729. The van der Waals surface area contributed by atoms with Crippen LogP contribution >= 0.6 is 0 Å². The molecule has 0 saturated carbocycles. The number of nitrogens with one attached hydrogen (secondary N) is 2. The minimum Gasteiger partial charge on any atom is -0.353 e. The highest BCUT2D eigenvalue weighted by Crippen LogP contribution is 2.31. The molecule has 0 saturated heterocycles. The van der Waals surface area contributed by atoms with Gasteiger partial charge in [-0.3, -0.25) is 0 Å². The van der Waals surface area contributed by atoms with Gasteiger partial charge in [0.1, 0.15) is 5.82 Å². The smallest absolute Gasteiger partial charge is 0.353 e. The van der Waals surface area contributed by atoms with Crippen molar-refractivity contribution >= 4 is 17.5 Å². The first-order valence-electron chi connectivity index (χ1n) is 7.84. The largest absolute Gasteiger partial charge is 0.433 e. The second-order valence-electron chi connectivity index (χ2n) is 6.13. The molecule has 0 spiro atoms. The van der Waals surface area contributed by atoms with E-state index in [-0.39, 0.29) is 11.8 Å². The Morgan fingerprint density at radius 1 is 1.08 bits per heavy atom. The molecule has 2 aromatic rings. The highest BCUT2D eigenvalue weighted by atomic mass is 19.4. The predicted molar refractivity (Wildman–Crippen MR) is 93.3 cm³/mol. The van der Waals surface area contributed by atoms with Gasteiger partial charge in [-0.2, -0.15) is 18.2 Å². The Kier molecular flexibility index (Phi) is 5.84. The normalized spacial score (nSPS) is 11.7. The summed E-state index contributed by atoms with van der Waals surface area (Å²) in [6.07, 6.45) is -4.54. The molecule has 1 aromatic heterocycles. The molecule has 1 heterocycles. The number of alkyl halides is 3. The zero-order valence-corrected chi connectivity index (χ0v) is 14.7. The predicted octanol–water partition coefficient (Wildman–Crippen LogP) is 3.83. The lowest BCUT2D eigenvalue weighted by atomic mass is 10.1. The quantitative estimate of drug-likeness (QED) is 0.827. The number of anilines is 3. The van der Waals surface area contributed by atoms with Crippen LogP contribution in [-0.4, -0.2) is 42.1 Å². The Hall–Kier alpha value is -2.35. The Morgan fingerprint density at radius 2 is 1.80 bits per heavy atom. The van der Waals surface area contributed by atoms with Gasteiger partial charge in [-0.1, -0.05) is 12.1 Å². The summed E-state index contributed by atoms with van der Waals surface area (Å²) in [5.41, 5.74) is 1.65. The highest BCUT2D eigenvalue weighted by molar-refractivity contribution is 5.62. The minimum atomic E-state index is -4.54. The summed E-state index contributed by atoms with van der Waals surface area (Å²) < 4.78 is 39.4. The maximum Gasteiger partial charge on any atom is 0.433 e. The van der Waals surface area contributed by atoms with Crippen molar-refractivity contribution < 1.29 is 13.2 Å². The molecule has 0 unspecified atom stereocenters. The molecule has 1 aromatic carbocycles. The van der Waals surface area contributed by atoms with E-state index in [0.717, 1.165) is 17.2 Å². The summed E-state index contributed by atoms with van der Waals surface area (Å²) in [5.74, 6) is 0.0489. The van der Waals surface area contributed by atoms with Crippen LogP contribution in [0.25, 0.3) is 0 Å². The fourth-order valence-electron chi connectivity index (χ4n) is 2.14. The molecule has 2 N–H and O–H groups in total. The summed E-state index contributed by atoms with van der Waals surface area (Å²) in [5, 5.41) is 5.80. The molecule has 0 fully saturated rings. The van der Waals surface area contributed by atoms with Crippen molar-refractivity contribution in [3.8, 4) is 0 Å². The van der Waals surface area contributed by atoms with Gasteiger partial charge in [-0.25, -0.2) is 4.98 Å². The van der Waals surface area contributed by atoms with E-state index >= 15 is 0 Å². The van der Waals surface area contributed by atoms with Gasteiger partial charge < -0.3 is 15.5 Å². The second-order valence-corrected chi connectivity index (χ2v) is 6.13. The van der Waals surface area contributed by atoms with Crippen LogP contribution in [0, 0.1) is 13.8 Å². The number of likely N-dealkylation sites (N-methyl/N-ethyl adjacent to an activating group) is 1. The Labute approximate surface area is 145 Å². The van der Waals surface area contributed by atoms with Gasteiger partial charge in [0.2, 0.25) is 5.95 Å². The molecule has 0 aliphatic rings. The van der Waals surface area contributed by atoms with Crippen LogP contribution in [0.2, 0.25) is 0 Å². The van der Waals surface area contributed by atoms with Crippen LogP contribution in [-0.2, 0) is 6.18 Å². The van der Waals surface area contributed by atoms with Crippen LogP contribution in [0.4, 0.5) is 30.6 Å². The molecule has 136 valence electrons. The molecule has 8 heteroatoms. The van der Waals surface area contributed by atoms with Gasteiger partial charge in [0.05, 0.1) is 0 Å². The number of aromatic nitrogens is 2. The van der Waals surface area contributed by atoms with Crippen LogP contribution in [0.5, 0.6) is 0 Å². The first-order valence-corrected chi connectivity index (χ1v) is 7.84. The summed E-state index contributed by atoms with van der Waals surface area (Å²) in [6.45, 7) is 4.89. The number of nitrogens with zero attached hydrogens (tertiary/aromatic N) is 3. The minimum absolute atomic E-state index is 0.0514. The van der Waals surface area contributed by atoms with Gasteiger partial charge in [0, 0.05) is 24.8 Å².